The second kappa shape index (κ2) is 4.32. The number of nitrogen functional groups attached to an aromatic ring is 1. The molecule has 0 bridgehead atoms. The van der Waals surface area contributed by atoms with Crippen molar-refractivity contribution in [2.24, 2.45) is 5.92 Å². The van der Waals surface area contributed by atoms with Crippen LogP contribution in [0.3, 0.4) is 0 Å². The molecule has 0 saturated carbocycles. The van der Waals surface area contributed by atoms with E-state index in [4.69, 9.17) is 5.73 Å². The highest BCUT2D eigenvalue weighted by Gasteiger charge is 2.10. The monoisotopic (exact) mass is 189 g/mol. The van der Waals surface area contributed by atoms with Gasteiger partial charge >= 0.3 is 0 Å². The van der Waals surface area contributed by atoms with E-state index < -0.39 is 0 Å². The van der Waals surface area contributed by atoms with E-state index in [1.807, 2.05) is 18.2 Å². The number of para-hydroxylation sites is 1. The van der Waals surface area contributed by atoms with E-state index in [0.717, 1.165) is 5.69 Å². The van der Waals surface area contributed by atoms with Crippen molar-refractivity contribution < 1.29 is 0 Å². The zero-order valence-electron chi connectivity index (χ0n) is 9.46. The highest BCUT2D eigenvalue weighted by molar-refractivity contribution is 5.77. The van der Waals surface area contributed by atoms with Crippen LogP contribution in [-0.4, -0.2) is 0 Å². The van der Waals surface area contributed by atoms with E-state index in [1.165, 1.54) is 16.7 Å². The van der Waals surface area contributed by atoms with E-state index in [2.05, 4.69) is 33.8 Å². The Labute approximate surface area is 86.6 Å². The molecule has 14 heavy (non-hydrogen) atoms. The van der Waals surface area contributed by atoms with Crippen molar-refractivity contribution >= 4 is 11.3 Å². The van der Waals surface area contributed by atoms with Gasteiger partial charge in [0.1, 0.15) is 0 Å². The van der Waals surface area contributed by atoms with Gasteiger partial charge in [0, 0.05) is 11.3 Å². The zero-order chi connectivity index (χ0) is 10.7. The van der Waals surface area contributed by atoms with Gasteiger partial charge in [-0.25, -0.2) is 0 Å². The molecule has 0 aliphatic heterocycles. The number of nitrogens with two attached hydrogens (primary N) is 1. The molecule has 76 valence electrons. The molecule has 0 fully saturated rings. The van der Waals surface area contributed by atoms with E-state index >= 15 is 0 Å². The lowest BCUT2D eigenvalue weighted by Crippen LogP contribution is -2.00. The summed E-state index contributed by atoms with van der Waals surface area (Å²) in [5, 5.41) is 0. The maximum absolute atomic E-state index is 5.96. The van der Waals surface area contributed by atoms with Gasteiger partial charge in [-0.15, -0.1) is 0 Å². The molecular formula is C13H19N. The highest BCUT2D eigenvalue weighted by Crippen LogP contribution is 2.30. The fourth-order valence-corrected chi connectivity index (χ4v) is 1.90. The zero-order valence-corrected chi connectivity index (χ0v) is 9.46. The molecule has 0 radical (unpaired) electrons. The largest absolute Gasteiger partial charge is 0.398 e. The molecule has 1 nitrogen and oxygen atoms in total. The summed E-state index contributed by atoms with van der Waals surface area (Å²) < 4.78 is 0. The van der Waals surface area contributed by atoms with Crippen LogP contribution in [0.15, 0.2) is 29.8 Å². The molecule has 1 aromatic carbocycles. The molecule has 0 atom stereocenters. The Balaban J connectivity index is 3.27. The molecule has 0 spiro atoms. The normalized spacial score (nSPS) is 10.4. The van der Waals surface area contributed by atoms with Crippen LogP contribution in [0.4, 0.5) is 5.69 Å². The molecule has 1 heteroatoms. The highest BCUT2D eigenvalue weighted by atomic mass is 14.6. The molecule has 0 unspecified atom stereocenters. The summed E-state index contributed by atoms with van der Waals surface area (Å²) in [6.45, 7) is 8.69. The standard InChI is InChI=1S/C13H19N/c1-9(2)13(10(3)4)11-7-5-6-8-12(11)14/h5-9H,14H2,1-4H3. The summed E-state index contributed by atoms with van der Waals surface area (Å²) in [6.07, 6.45) is 0. The quantitative estimate of drug-likeness (QED) is 0.705. The van der Waals surface area contributed by atoms with Gasteiger partial charge in [-0.1, -0.05) is 37.6 Å². The maximum atomic E-state index is 5.96. The van der Waals surface area contributed by atoms with Gasteiger partial charge in [-0.2, -0.15) is 0 Å². The minimum atomic E-state index is 0.518. The molecule has 0 heterocycles. The number of allylic oxidation sites excluding steroid dienone is 2. The Hall–Kier alpha value is -1.24. The maximum Gasteiger partial charge on any atom is 0.0390 e. The fourth-order valence-electron chi connectivity index (χ4n) is 1.90. The first-order valence-electron chi connectivity index (χ1n) is 5.06. The molecular weight excluding hydrogens is 170 g/mol. The third-order valence-corrected chi connectivity index (χ3v) is 2.37. The van der Waals surface area contributed by atoms with Crippen LogP contribution in [0.2, 0.25) is 0 Å². The summed E-state index contributed by atoms with van der Waals surface area (Å²) in [6, 6.07) is 8.07. The first kappa shape index (κ1) is 10.8. The Bertz CT molecular complexity index is 344. The number of rotatable bonds is 2. The Morgan fingerprint density at radius 3 is 2.14 bits per heavy atom. The van der Waals surface area contributed by atoms with Crippen molar-refractivity contribution in [2.45, 2.75) is 27.7 Å². The molecule has 0 saturated heterocycles. The minimum absolute atomic E-state index is 0.518. The molecule has 0 aliphatic rings. The van der Waals surface area contributed by atoms with E-state index in [1.54, 1.807) is 0 Å². The first-order valence-corrected chi connectivity index (χ1v) is 5.06. The van der Waals surface area contributed by atoms with Crippen molar-refractivity contribution in [3.05, 3.63) is 35.4 Å². The van der Waals surface area contributed by atoms with Crippen LogP contribution >= 0.6 is 0 Å². The second-order valence-corrected chi connectivity index (χ2v) is 4.16. The van der Waals surface area contributed by atoms with Gasteiger partial charge in [0.05, 0.1) is 0 Å². The number of anilines is 1. The molecule has 2 N–H and O–H groups in total. The Morgan fingerprint density at radius 2 is 1.71 bits per heavy atom. The van der Waals surface area contributed by atoms with Gasteiger partial charge in [0.15, 0.2) is 0 Å². The van der Waals surface area contributed by atoms with E-state index in [-0.39, 0.29) is 0 Å². The van der Waals surface area contributed by atoms with Crippen molar-refractivity contribution in [3.8, 4) is 0 Å². The lowest BCUT2D eigenvalue weighted by Gasteiger charge is -2.16. The average Bonchev–Trinajstić information content (AvgIpc) is 2.07. The van der Waals surface area contributed by atoms with E-state index in [0.29, 0.717) is 5.92 Å². The minimum Gasteiger partial charge on any atom is -0.398 e. The van der Waals surface area contributed by atoms with Crippen molar-refractivity contribution in [1.29, 1.82) is 0 Å². The van der Waals surface area contributed by atoms with Crippen molar-refractivity contribution in [2.75, 3.05) is 5.73 Å². The molecule has 0 amide bonds. The average molecular weight is 189 g/mol. The number of benzene rings is 1. The Kier molecular flexibility index (Phi) is 3.34. The Morgan fingerprint density at radius 1 is 1.14 bits per heavy atom. The summed E-state index contributed by atoms with van der Waals surface area (Å²) in [4.78, 5) is 0. The van der Waals surface area contributed by atoms with Crippen LogP contribution in [0.1, 0.15) is 33.3 Å². The van der Waals surface area contributed by atoms with Gasteiger partial charge in [0.25, 0.3) is 0 Å². The SMILES string of the molecule is CC(C)=C(c1ccccc1N)C(C)C. The van der Waals surface area contributed by atoms with Crippen LogP contribution in [0.5, 0.6) is 0 Å². The molecule has 0 aromatic heterocycles. The fraction of sp³-hybridized carbons (Fsp3) is 0.385. The predicted octanol–water partition coefficient (Wildman–Crippen LogP) is 3.72. The van der Waals surface area contributed by atoms with Crippen molar-refractivity contribution in [3.63, 3.8) is 0 Å². The van der Waals surface area contributed by atoms with Crippen LogP contribution in [0, 0.1) is 5.92 Å². The summed E-state index contributed by atoms with van der Waals surface area (Å²) in [5.41, 5.74) is 10.7. The van der Waals surface area contributed by atoms with Gasteiger partial charge in [0.2, 0.25) is 0 Å². The third kappa shape index (κ3) is 2.16. The second-order valence-electron chi connectivity index (χ2n) is 4.16. The summed E-state index contributed by atoms with van der Waals surface area (Å²) >= 11 is 0. The first-order chi connectivity index (χ1) is 6.54. The third-order valence-electron chi connectivity index (χ3n) is 2.37. The lowest BCUT2D eigenvalue weighted by atomic mass is 9.91. The van der Waals surface area contributed by atoms with E-state index in [9.17, 15) is 0 Å². The number of hydrogen-bond acceptors (Lipinski definition) is 1. The van der Waals surface area contributed by atoms with Crippen LogP contribution < -0.4 is 5.73 Å². The van der Waals surface area contributed by atoms with Crippen molar-refractivity contribution in [1.82, 2.24) is 0 Å². The molecule has 0 aliphatic carbocycles. The van der Waals surface area contributed by atoms with Crippen LogP contribution in [0.25, 0.3) is 5.57 Å². The smallest absolute Gasteiger partial charge is 0.0390 e. The number of hydrogen-bond donors (Lipinski definition) is 1. The lowest BCUT2D eigenvalue weighted by molar-refractivity contribution is 0.847. The predicted molar refractivity (Wildman–Crippen MR) is 64.0 cm³/mol. The van der Waals surface area contributed by atoms with Gasteiger partial charge in [-0.05, 0) is 31.4 Å². The molecule has 1 rings (SSSR count). The summed E-state index contributed by atoms with van der Waals surface area (Å²) in [5.74, 6) is 0.518. The van der Waals surface area contributed by atoms with Gasteiger partial charge < -0.3 is 5.73 Å². The summed E-state index contributed by atoms with van der Waals surface area (Å²) in [7, 11) is 0. The molecule has 1 aromatic rings. The van der Waals surface area contributed by atoms with Gasteiger partial charge in [-0.3, -0.25) is 0 Å². The topological polar surface area (TPSA) is 26.0 Å². The van der Waals surface area contributed by atoms with Crippen LogP contribution in [-0.2, 0) is 0 Å².